The van der Waals surface area contributed by atoms with Gasteiger partial charge in [0.2, 0.25) is 5.89 Å². The Labute approximate surface area is 127 Å². The third-order valence-electron chi connectivity index (χ3n) is 4.42. The molecule has 4 rings (SSSR count). The molecule has 116 valence electrons. The second-order valence-corrected chi connectivity index (χ2v) is 6.01. The highest BCUT2D eigenvalue weighted by Crippen LogP contribution is 2.39. The van der Waals surface area contributed by atoms with Crippen molar-refractivity contribution in [1.29, 1.82) is 0 Å². The largest absolute Gasteiger partial charge is 0.353 e. The molecule has 2 aromatic rings. The summed E-state index contributed by atoms with van der Waals surface area (Å²) in [6.07, 6.45) is 5.18. The topological polar surface area (TPSA) is 67.9 Å². The fourth-order valence-electron chi connectivity index (χ4n) is 2.94. The van der Waals surface area contributed by atoms with Gasteiger partial charge in [0.1, 0.15) is 6.33 Å². The van der Waals surface area contributed by atoms with Gasteiger partial charge < -0.3 is 9.42 Å². The summed E-state index contributed by atoms with van der Waals surface area (Å²) in [6.45, 7) is 3.28. The number of hydrogen-bond donors (Lipinski definition) is 0. The SMILES string of the molecule is CCc1ncnc(N2CCC(c3nc(C4CC4)no3)C2)c1F. The summed E-state index contributed by atoms with van der Waals surface area (Å²) in [5.74, 6) is 2.22. The molecule has 0 spiro atoms. The van der Waals surface area contributed by atoms with E-state index in [0.29, 0.717) is 36.3 Å². The van der Waals surface area contributed by atoms with Crippen LogP contribution in [0.15, 0.2) is 10.9 Å². The Morgan fingerprint density at radius 1 is 1.27 bits per heavy atom. The number of aryl methyl sites for hydroxylation is 1. The van der Waals surface area contributed by atoms with E-state index in [1.165, 1.54) is 6.33 Å². The molecule has 1 aliphatic carbocycles. The zero-order valence-electron chi connectivity index (χ0n) is 12.5. The van der Waals surface area contributed by atoms with Gasteiger partial charge in [0.25, 0.3) is 0 Å². The third kappa shape index (κ3) is 2.34. The molecule has 22 heavy (non-hydrogen) atoms. The monoisotopic (exact) mass is 303 g/mol. The molecule has 1 saturated heterocycles. The Balaban J connectivity index is 1.52. The number of hydrogen-bond acceptors (Lipinski definition) is 6. The summed E-state index contributed by atoms with van der Waals surface area (Å²) < 4.78 is 19.7. The molecule has 1 saturated carbocycles. The van der Waals surface area contributed by atoms with Gasteiger partial charge in [-0.3, -0.25) is 0 Å². The van der Waals surface area contributed by atoms with Crippen LogP contribution in [0.25, 0.3) is 0 Å². The molecule has 1 atom stereocenters. The van der Waals surface area contributed by atoms with Crippen molar-refractivity contribution in [3.63, 3.8) is 0 Å². The lowest BCUT2D eigenvalue weighted by molar-refractivity contribution is 0.355. The van der Waals surface area contributed by atoms with Crippen LogP contribution in [0.3, 0.4) is 0 Å². The van der Waals surface area contributed by atoms with E-state index >= 15 is 0 Å². The van der Waals surface area contributed by atoms with Crippen LogP contribution in [0, 0.1) is 5.82 Å². The minimum atomic E-state index is -0.310. The molecule has 2 fully saturated rings. The van der Waals surface area contributed by atoms with Gasteiger partial charge in [-0.25, -0.2) is 14.4 Å². The zero-order valence-corrected chi connectivity index (χ0v) is 12.5. The molecule has 0 amide bonds. The highest BCUT2D eigenvalue weighted by Gasteiger charge is 2.34. The molecule has 2 aromatic heterocycles. The lowest BCUT2D eigenvalue weighted by Gasteiger charge is -2.18. The fourth-order valence-corrected chi connectivity index (χ4v) is 2.94. The van der Waals surface area contributed by atoms with E-state index in [2.05, 4.69) is 20.1 Å². The second kappa shape index (κ2) is 5.30. The first-order valence-corrected chi connectivity index (χ1v) is 7.84. The van der Waals surface area contributed by atoms with E-state index in [0.717, 1.165) is 31.6 Å². The van der Waals surface area contributed by atoms with E-state index in [1.54, 1.807) is 0 Å². The van der Waals surface area contributed by atoms with Crippen LogP contribution >= 0.6 is 0 Å². The average molecular weight is 303 g/mol. The van der Waals surface area contributed by atoms with Gasteiger partial charge in [0.05, 0.1) is 11.6 Å². The van der Waals surface area contributed by atoms with Crippen LogP contribution in [-0.2, 0) is 6.42 Å². The van der Waals surface area contributed by atoms with Gasteiger partial charge in [-0.2, -0.15) is 4.98 Å². The number of aromatic nitrogens is 4. The first kappa shape index (κ1) is 13.6. The van der Waals surface area contributed by atoms with Crippen LogP contribution in [0.4, 0.5) is 10.2 Å². The molecule has 0 aromatic carbocycles. The Morgan fingerprint density at radius 3 is 2.91 bits per heavy atom. The molecule has 0 bridgehead atoms. The van der Waals surface area contributed by atoms with Crippen LogP contribution in [0.2, 0.25) is 0 Å². The van der Waals surface area contributed by atoms with Crippen molar-refractivity contribution in [3.05, 3.63) is 29.6 Å². The molecular formula is C15H18FN5O. The minimum Gasteiger partial charge on any atom is -0.353 e. The van der Waals surface area contributed by atoms with Crippen molar-refractivity contribution < 1.29 is 8.91 Å². The predicted octanol–water partition coefficient (Wildman–Crippen LogP) is 2.43. The van der Waals surface area contributed by atoms with Gasteiger partial charge in [-0.05, 0) is 25.7 Å². The van der Waals surface area contributed by atoms with Gasteiger partial charge in [0, 0.05) is 19.0 Å². The minimum absolute atomic E-state index is 0.152. The quantitative estimate of drug-likeness (QED) is 0.864. The van der Waals surface area contributed by atoms with Crippen molar-refractivity contribution in [2.75, 3.05) is 18.0 Å². The summed E-state index contributed by atoms with van der Waals surface area (Å²) in [6, 6.07) is 0. The van der Waals surface area contributed by atoms with Crippen LogP contribution in [0.1, 0.15) is 55.4 Å². The first-order valence-electron chi connectivity index (χ1n) is 7.84. The summed E-state index contributed by atoms with van der Waals surface area (Å²) in [7, 11) is 0. The van der Waals surface area contributed by atoms with Crippen molar-refractivity contribution in [3.8, 4) is 0 Å². The van der Waals surface area contributed by atoms with Gasteiger partial charge in [0.15, 0.2) is 17.5 Å². The summed E-state index contributed by atoms with van der Waals surface area (Å²) in [5, 5.41) is 4.06. The first-order chi connectivity index (χ1) is 10.8. The average Bonchev–Trinajstić information content (AvgIpc) is 3.08. The molecular weight excluding hydrogens is 285 g/mol. The number of anilines is 1. The molecule has 7 heteroatoms. The summed E-state index contributed by atoms with van der Waals surface area (Å²) in [4.78, 5) is 14.5. The summed E-state index contributed by atoms with van der Waals surface area (Å²) in [5.41, 5.74) is 0.460. The van der Waals surface area contributed by atoms with Crippen LogP contribution in [0.5, 0.6) is 0 Å². The Morgan fingerprint density at radius 2 is 2.14 bits per heavy atom. The van der Waals surface area contributed by atoms with Crippen molar-refractivity contribution in [2.24, 2.45) is 0 Å². The van der Waals surface area contributed by atoms with Gasteiger partial charge in [-0.15, -0.1) is 0 Å². The maximum Gasteiger partial charge on any atom is 0.231 e. The Kier molecular flexibility index (Phi) is 3.28. The predicted molar refractivity (Wildman–Crippen MR) is 77.2 cm³/mol. The second-order valence-electron chi connectivity index (χ2n) is 6.01. The van der Waals surface area contributed by atoms with E-state index in [1.807, 2.05) is 11.8 Å². The smallest absolute Gasteiger partial charge is 0.231 e. The van der Waals surface area contributed by atoms with E-state index in [9.17, 15) is 4.39 Å². The van der Waals surface area contributed by atoms with Crippen LogP contribution < -0.4 is 4.90 Å². The molecule has 1 aliphatic heterocycles. The highest BCUT2D eigenvalue weighted by atomic mass is 19.1. The number of halogens is 1. The van der Waals surface area contributed by atoms with E-state index < -0.39 is 0 Å². The van der Waals surface area contributed by atoms with Crippen molar-refractivity contribution in [2.45, 2.75) is 44.4 Å². The molecule has 2 aliphatic rings. The molecule has 0 radical (unpaired) electrons. The highest BCUT2D eigenvalue weighted by molar-refractivity contribution is 5.43. The fraction of sp³-hybridized carbons (Fsp3) is 0.600. The van der Waals surface area contributed by atoms with Gasteiger partial charge in [-0.1, -0.05) is 12.1 Å². The molecule has 6 nitrogen and oxygen atoms in total. The number of rotatable bonds is 4. The summed E-state index contributed by atoms with van der Waals surface area (Å²) >= 11 is 0. The van der Waals surface area contributed by atoms with Gasteiger partial charge >= 0.3 is 0 Å². The van der Waals surface area contributed by atoms with E-state index in [4.69, 9.17) is 4.52 Å². The Hall–Kier alpha value is -2.05. The van der Waals surface area contributed by atoms with Crippen LogP contribution in [-0.4, -0.2) is 33.2 Å². The zero-order chi connectivity index (χ0) is 15.1. The molecule has 3 heterocycles. The van der Waals surface area contributed by atoms with E-state index in [-0.39, 0.29) is 11.7 Å². The lowest BCUT2D eigenvalue weighted by Crippen LogP contribution is -2.22. The van der Waals surface area contributed by atoms with Crippen molar-refractivity contribution >= 4 is 5.82 Å². The maximum atomic E-state index is 14.4. The third-order valence-corrected chi connectivity index (χ3v) is 4.42. The van der Waals surface area contributed by atoms with Crippen molar-refractivity contribution in [1.82, 2.24) is 20.1 Å². The normalized spacial score (nSPS) is 21.5. The maximum absolute atomic E-state index is 14.4. The lowest BCUT2D eigenvalue weighted by atomic mass is 10.1. The molecule has 1 unspecified atom stereocenters. The standard InChI is InChI=1S/C15H18FN5O/c1-2-11-12(16)14(18-8-17-11)21-6-5-10(7-21)15-19-13(20-22-15)9-3-4-9/h8-10H,2-7H2,1H3. The molecule has 0 N–H and O–H groups in total. The Bertz CT molecular complexity index is 684. The number of nitrogens with zero attached hydrogens (tertiary/aromatic N) is 5.